The summed E-state index contributed by atoms with van der Waals surface area (Å²) in [5.74, 6) is 10.7. The smallest absolute Gasteiger partial charge is 0.133 e. The van der Waals surface area contributed by atoms with Gasteiger partial charge < -0.3 is 0 Å². The van der Waals surface area contributed by atoms with Crippen molar-refractivity contribution in [2.45, 2.75) is 78.1 Å². The highest BCUT2D eigenvalue weighted by atomic mass is 16.1. The van der Waals surface area contributed by atoms with Gasteiger partial charge in [0.2, 0.25) is 0 Å². The molecule has 4 fully saturated rings. The molecule has 4 rings (SSSR count). The lowest BCUT2D eigenvalue weighted by Gasteiger charge is -2.58. The van der Waals surface area contributed by atoms with Crippen LogP contribution in [0, 0.1) is 46.3 Å². The van der Waals surface area contributed by atoms with Crippen LogP contribution in [0.2, 0.25) is 0 Å². The molecule has 0 aromatic heterocycles. The SMILES string of the molecule is CC#C[C@]12CCC(=O)CC1CC[C@H]1[C@@H]3CCC[C@@]3(C)CC[C@@H]12. The van der Waals surface area contributed by atoms with Crippen LogP contribution in [0.5, 0.6) is 0 Å². The van der Waals surface area contributed by atoms with E-state index < -0.39 is 0 Å². The van der Waals surface area contributed by atoms with Crippen LogP contribution in [0.1, 0.15) is 78.1 Å². The zero-order valence-corrected chi connectivity index (χ0v) is 14.3. The van der Waals surface area contributed by atoms with Crippen molar-refractivity contribution in [3.05, 3.63) is 0 Å². The Labute approximate surface area is 135 Å². The molecule has 0 amide bonds. The Morgan fingerprint density at radius 2 is 1.91 bits per heavy atom. The second-order valence-electron chi connectivity index (χ2n) is 8.89. The average molecular weight is 298 g/mol. The molecule has 0 heterocycles. The fourth-order valence-corrected chi connectivity index (χ4v) is 7.16. The van der Waals surface area contributed by atoms with Crippen molar-refractivity contribution < 1.29 is 4.79 Å². The lowest BCUT2D eigenvalue weighted by atomic mass is 9.45. The van der Waals surface area contributed by atoms with Gasteiger partial charge in [0.1, 0.15) is 5.78 Å². The number of fused-ring (bicyclic) bond motifs is 5. The first-order valence-corrected chi connectivity index (χ1v) is 9.55. The summed E-state index contributed by atoms with van der Waals surface area (Å²) >= 11 is 0. The molecule has 120 valence electrons. The third-order valence-corrected chi connectivity index (χ3v) is 8.11. The number of hydrogen-bond donors (Lipinski definition) is 0. The Bertz CT molecular complexity index is 538. The van der Waals surface area contributed by atoms with Crippen LogP contribution in [-0.4, -0.2) is 5.78 Å². The lowest BCUT2D eigenvalue weighted by Crippen LogP contribution is -2.53. The zero-order valence-electron chi connectivity index (χ0n) is 14.3. The van der Waals surface area contributed by atoms with Crippen molar-refractivity contribution >= 4 is 5.78 Å². The quantitative estimate of drug-likeness (QED) is 0.576. The lowest BCUT2D eigenvalue weighted by molar-refractivity contribution is -0.132. The van der Waals surface area contributed by atoms with Gasteiger partial charge >= 0.3 is 0 Å². The minimum Gasteiger partial charge on any atom is -0.300 e. The summed E-state index contributed by atoms with van der Waals surface area (Å²) in [7, 11) is 0. The monoisotopic (exact) mass is 298 g/mol. The summed E-state index contributed by atoms with van der Waals surface area (Å²) in [5.41, 5.74) is 0.814. The highest BCUT2D eigenvalue weighted by molar-refractivity contribution is 5.80. The van der Waals surface area contributed by atoms with Gasteiger partial charge in [0.25, 0.3) is 0 Å². The van der Waals surface area contributed by atoms with Gasteiger partial charge in [-0.2, -0.15) is 0 Å². The van der Waals surface area contributed by atoms with Gasteiger partial charge in [-0.15, -0.1) is 5.92 Å². The fraction of sp³-hybridized carbons (Fsp3) is 0.857. The molecule has 0 N–H and O–H groups in total. The number of hydrogen-bond acceptors (Lipinski definition) is 1. The number of carbonyl (C=O) groups is 1. The van der Waals surface area contributed by atoms with E-state index in [2.05, 4.69) is 18.8 Å². The van der Waals surface area contributed by atoms with Crippen LogP contribution in [-0.2, 0) is 4.79 Å². The maximum absolute atomic E-state index is 12.0. The highest BCUT2D eigenvalue weighted by Crippen LogP contribution is 2.65. The van der Waals surface area contributed by atoms with Crippen molar-refractivity contribution in [1.29, 1.82) is 0 Å². The molecular formula is C21H30O. The molecule has 0 aromatic rings. The van der Waals surface area contributed by atoms with Crippen LogP contribution in [0.15, 0.2) is 0 Å². The number of carbonyl (C=O) groups excluding carboxylic acids is 1. The molecule has 0 bridgehead atoms. The van der Waals surface area contributed by atoms with Crippen LogP contribution >= 0.6 is 0 Å². The van der Waals surface area contributed by atoms with Gasteiger partial charge in [0, 0.05) is 18.3 Å². The molecule has 4 saturated carbocycles. The fourth-order valence-electron chi connectivity index (χ4n) is 7.16. The molecule has 1 heteroatoms. The second kappa shape index (κ2) is 5.12. The summed E-state index contributed by atoms with van der Waals surface area (Å²) in [5, 5.41) is 0. The molecule has 1 nitrogen and oxygen atoms in total. The molecule has 0 saturated heterocycles. The maximum atomic E-state index is 12.0. The van der Waals surface area contributed by atoms with E-state index in [4.69, 9.17) is 0 Å². The molecule has 0 radical (unpaired) electrons. The first-order chi connectivity index (χ1) is 10.6. The minimum atomic E-state index is 0.190. The first-order valence-electron chi connectivity index (χ1n) is 9.55. The predicted molar refractivity (Wildman–Crippen MR) is 89.1 cm³/mol. The number of rotatable bonds is 0. The van der Waals surface area contributed by atoms with E-state index in [0.717, 1.165) is 37.0 Å². The molecule has 4 aliphatic rings. The third-order valence-electron chi connectivity index (χ3n) is 8.11. The predicted octanol–water partition coefficient (Wildman–Crippen LogP) is 4.99. The van der Waals surface area contributed by atoms with Gasteiger partial charge in [0.15, 0.2) is 0 Å². The Balaban J connectivity index is 1.71. The number of Topliss-reactive ketones (excluding diaryl/α,β-unsaturated/α-hetero) is 1. The van der Waals surface area contributed by atoms with E-state index in [0.29, 0.717) is 17.1 Å². The van der Waals surface area contributed by atoms with Crippen molar-refractivity contribution in [2.75, 3.05) is 0 Å². The van der Waals surface area contributed by atoms with Crippen LogP contribution in [0.25, 0.3) is 0 Å². The van der Waals surface area contributed by atoms with E-state index in [-0.39, 0.29) is 5.41 Å². The zero-order chi connectivity index (χ0) is 15.4. The normalized spacial score (nSPS) is 50.4. The molecule has 4 aliphatic carbocycles. The van der Waals surface area contributed by atoms with E-state index in [1.807, 2.05) is 6.92 Å². The summed E-state index contributed by atoms with van der Waals surface area (Å²) in [6.07, 6.45) is 12.4. The van der Waals surface area contributed by atoms with Crippen molar-refractivity contribution in [2.24, 2.45) is 34.5 Å². The molecule has 6 atom stereocenters. The van der Waals surface area contributed by atoms with Crippen molar-refractivity contribution in [3.8, 4) is 11.8 Å². The summed E-state index contributed by atoms with van der Waals surface area (Å²) in [4.78, 5) is 12.0. The largest absolute Gasteiger partial charge is 0.300 e. The second-order valence-corrected chi connectivity index (χ2v) is 8.89. The van der Waals surface area contributed by atoms with Gasteiger partial charge in [0.05, 0.1) is 0 Å². The van der Waals surface area contributed by atoms with Crippen LogP contribution < -0.4 is 0 Å². The molecule has 0 spiro atoms. The van der Waals surface area contributed by atoms with Gasteiger partial charge in [-0.25, -0.2) is 0 Å². The Morgan fingerprint density at radius 1 is 1.05 bits per heavy atom. The highest BCUT2D eigenvalue weighted by Gasteiger charge is 2.59. The Morgan fingerprint density at radius 3 is 2.73 bits per heavy atom. The van der Waals surface area contributed by atoms with Crippen LogP contribution in [0.3, 0.4) is 0 Å². The van der Waals surface area contributed by atoms with E-state index in [9.17, 15) is 4.79 Å². The number of ketones is 1. The van der Waals surface area contributed by atoms with Gasteiger partial charge in [-0.3, -0.25) is 4.79 Å². The average Bonchev–Trinajstić information content (AvgIpc) is 2.90. The third kappa shape index (κ3) is 1.95. The van der Waals surface area contributed by atoms with E-state index in [1.165, 1.54) is 44.9 Å². The van der Waals surface area contributed by atoms with Crippen molar-refractivity contribution in [3.63, 3.8) is 0 Å². The van der Waals surface area contributed by atoms with Gasteiger partial charge in [-0.1, -0.05) is 19.3 Å². The van der Waals surface area contributed by atoms with E-state index in [1.54, 1.807) is 0 Å². The summed E-state index contributed by atoms with van der Waals surface area (Å²) in [6.45, 7) is 4.57. The molecule has 0 aromatic carbocycles. The Hall–Kier alpha value is -0.770. The molecule has 1 unspecified atom stereocenters. The Kier molecular flexibility index (Phi) is 3.44. The topological polar surface area (TPSA) is 17.1 Å². The minimum absolute atomic E-state index is 0.190. The van der Waals surface area contributed by atoms with Crippen LogP contribution in [0.4, 0.5) is 0 Å². The summed E-state index contributed by atoms with van der Waals surface area (Å²) in [6, 6.07) is 0. The van der Waals surface area contributed by atoms with Gasteiger partial charge in [-0.05, 0) is 81.0 Å². The standard InChI is InChI=1S/C21H30O/c1-3-10-21-13-8-16(22)14-15(21)6-7-17-18-5-4-11-20(18,2)12-9-19(17)21/h15,17-19H,4-9,11-14H2,1-2H3/t15?,17-,18-,19-,20-,21-/m0/s1. The summed E-state index contributed by atoms with van der Waals surface area (Å²) < 4.78 is 0. The molecule has 22 heavy (non-hydrogen) atoms. The molecular weight excluding hydrogens is 268 g/mol. The van der Waals surface area contributed by atoms with E-state index >= 15 is 0 Å². The van der Waals surface area contributed by atoms with Crippen molar-refractivity contribution in [1.82, 2.24) is 0 Å². The molecule has 0 aliphatic heterocycles. The first kappa shape index (κ1) is 14.8. The maximum Gasteiger partial charge on any atom is 0.133 e.